The summed E-state index contributed by atoms with van der Waals surface area (Å²) in [6, 6.07) is 4.93. The predicted molar refractivity (Wildman–Crippen MR) is 138 cm³/mol. The van der Waals surface area contributed by atoms with Crippen LogP contribution in [-0.2, 0) is 4.79 Å². The molecular formula is C28H39N3O4. The maximum Gasteiger partial charge on any atom is 0.335 e. The Morgan fingerprint density at radius 1 is 0.943 bits per heavy atom. The first kappa shape index (κ1) is 26.8. The van der Waals surface area contributed by atoms with Crippen LogP contribution in [0.25, 0.3) is 5.57 Å². The molecular weight excluding hydrogens is 442 g/mol. The molecule has 0 fully saturated rings. The van der Waals surface area contributed by atoms with Crippen LogP contribution in [0.1, 0.15) is 63.7 Å². The number of carboxylic acid groups (broad SMARTS) is 2. The Kier molecular flexibility index (Phi) is 9.03. The zero-order valence-corrected chi connectivity index (χ0v) is 21.5. The zero-order valence-electron chi connectivity index (χ0n) is 21.5. The molecule has 0 saturated carbocycles. The number of aromatic carboxylic acids is 1. The van der Waals surface area contributed by atoms with E-state index < -0.39 is 17.4 Å². The van der Waals surface area contributed by atoms with Gasteiger partial charge in [-0.1, -0.05) is 39.8 Å². The van der Waals surface area contributed by atoms with Gasteiger partial charge in [0.2, 0.25) is 0 Å². The quantitative estimate of drug-likeness (QED) is 0.424. The largest absolute Gasteiger partial charge is 0.480 e. The van der Waals surface area contributed by atoms with Crippen LogP contribution >= 0.6 is 0 Å². The fourth-order valence-electron chi connectivity index (χ4n) is 5.25. The van der Waals surface area contributed by atoms with Crippen LogP contribution in [0, 0.1) is 5.41 Å². The van der Waals surface area contributed by atoms with Crippen LogP contribution in [0.3, 0.4) is 0 Å². The third-order valence-electron chi connectivity index (χ3n) is 7.50. The Morgan fingerprint density at radius 2 is 1.57 bits per heavy atom. The van der Waals surface area contributed by atoms with Gasteiger partial charge in [0.15, 0.2) is 0 Å². The van der Waals surface area contributed by atoms with Gasteiger partial charge in [0.1, 0.15) is 5.41 Å². The summed E-state index contributed by atoms with van der Waals surface area (Å²) in [6.45, 7) is 14.1. The van der Waals surface area contributed by atoms with Crippen LogP contribution < -0.4 is 10.6 Å². The number of allylic oxidation sites excluding steroid dienone is 1. The van der Waals surface area contributed by atoms with Crippen molar-refractivity contribution >= 4 is 17.5 Å². The van der Waals surface area contributed by atoms with Crippen molar-refractivity contribution in [2.45, 2.75) is 53.4 Å². The van der Waals surface area contributed by atoms with Gasteiger partial charge in [0.25, 0.3) is 0 Å². The molecule has 190 valence electrons. The lowest BCUT2D eigenvalue weighted by Gasteiger charge is -2.34. The SMILES string of the molecule is CCN(CC)CCCC1=C2N=c3ccc(C(=O)O)cc3=C2C=CC1(CCCN(CC)CC)C(=O)O. The van der Waals surface area contributed by atoms with E-state index in [9.17, 15) is 19.8 Å². The highest BCUT2D eigenvalue weighted by molar-refractivity contribution is 5.91. The number of benzene rings is 1. The molecule has 2 aliphatic rings. The van der Waals surface area contributed by atoms with Gasteiger partial charge in [0, 0.05) is 10.8 Å². The third kappa shape index (κ3) is 5.57. The molecule has 1 aromatic carbocycles. The molecule has 0 aromatic heterocycles. The molecule has 0 bridgehead atoms. The first-order valence-corrected chi connectivity index (χ1v) is 12.9. The van der Waals surface area contributed by atoms with Gasteiger partial charge >= 0.3 is 11.9 Å². The second-order valence-corrected chi connectivity index (χ2v) is 9.26. The lowest BCUT2D eigenvalue weighted by Crippen LogP contribution is -2.36. The maximum absolute atomic E-state index is 12.9. The molecule has 0 amide bonds. The Bertz CT molecular complexity index is 1130. The lowest BCUT2D eigenvalue weighted by molar-refractivity contribution is -0.144. The van der Waals surface area contributed by atoms with E-state index in [0.29, 0.717) is 18.2 Å². The number of carbonyl (C=O) groups is 2. The minimum Gasteiger partial charge on any atom is -0.480 e. The van der Waals surface area contributed by atoms with Crippen LogP contribution in [-0.4, -0.2) is 71.2 Å². The van der Waals surface area contributed by atoms with Crippen molar-refractivity contribution in [1.82, 2.24) is 9.80 Å². The molecule has 7 heteroatoms. The van der Waals surface area contributed by atoms with Gasteiger partial charge < -0.3 is 20.0 Å². The molecule has 2 N–H and O–H groups in total. The number of rotatable bonds is 14. The summed E-state index contributed by atoms with van der Waals surface area (Å²) < 4.78 is 0. The summed E-state index contributed by atoms with van der Waals surface area (Å²) in [5.74, 6) is -1.82. The average Bonchev–Trinajstić information content (AvgIpc) is 3.23. The minimum atomic E-state index is -1.10. The van der Waals surface area contributed by atoms with Crippen molar-refractivity contribution < 1.29 is 19.8 Å². The van der Waals surface area contributed by atoms with E-state index in [-0.39, 0.29) is 5.56 Å². The number of aliphatic carboxylic acids is 1. The normalized spacial score (nSPS) is 18.7. The van der Waals surface area contributed by atoms with Crippen LogP contribution in [0.5, 0.6) is 0 Å². The Morgan fingerprint density at radius 3 is 2.14 bits per heavy atom. The molecule has 1 unspecified atom stereocenters. The summed E-state index contributed by atoms with van der Waals surface area (Å²) >= 11 is 0. The smallest absolute Gasteiger partial charge is 0.335 e. The number of hydrogen-bond donors (Lipinski definition) is 2. The van der Waals surface area contributed by atoms with Gasteiger partial charge in [-0.2, -0.15) is 0 Å². The Labute approximate surface area is 208 Å². The van der Waals surface area contributed by atoms with E-state index in [1.165, 1.54) is 0 Å². The van der Waals surface area contributed by atoms with Crippen LogP contribution in [0.4, 0.5) is 0 Å². The monoisotopic (exact) mass is 481 g/mol. The van der Waals surface area contributed by atoms with Crippen molar-refractivity contribution in [1.29, 1.82) is 0 Å². The van der Waals surface area contributed by atoms with Crippen LogP contribution in [0.15, 0.2) is 46.6 Å². The topological polar surface area (TPSA) is 93.4 Å². The average molecular weight is 482 g/mol. The Hall–Kier alpha value is -2.77. The van der Waals surface area contributed by atoms with Gasteiger partial charge in [-0.15, -0.1) is 0 Å². The number of nitrogens with zero attached hydrogens (tertiary/aromatic N) is 3. The second kappa shape index (κ2) is 11.8. The lowest BCUT2D eigenvalue weighted by atomic mass is 9.70. The molecule has 1 atom stereocenters. The van der Waals surface area contributed by atoms with Crippen molar-refractivity contribution in [2.75, 3.05) is 39.3 Å². The van der Waals surface area contributed by atoms with E-state index in [0.717, 1.165) is 74.2 Å². The van der Waals surface area contributed by atoms with E-state index in [2.05, 4.69) is 37.5 Å². The molecule has 3 rings (SSSR count). The number of carboxylic acids is 2. The zero-order chi connectivity index (χ0) is 25.6. The fraction of sp³-hybridized carbons (Fsp3) is 0.536. The van der Waals surface area contributed by atoms with E-state index in [1.54, 1.807) is 18.2 Å². The number of fused-ring (bicyclic) bond motifs is 2. The molecule has 1 heterocycles. The molecule has 35 heavy (non-hydrogen) atoms. The summed E-state index contributed by atoms with van der Waals surface area (Å²) in [5.41, 5.74) is 1.51. The first-order chi connectivity index (χ1) is 16.8. The van der Waals surface area contributed by atoms with Crippen molar-refractivity contribution in [3.8, 4) is 0 Å². The summed E-state index contributed by atoms with van der Waals surface area (Å²) in [5, 5.41) is 21.5. The van der Waals surface area contributed by atoms with Crippen molar-refractivity contribution in [3.05, 3.63) is 57.8 Å². The molecule has 0 spiro atoms. The van der Waals surface area contributed by atoms with Gasteiger partial charge in [0.05, 0.1) is 16.6 Å². The highest BCUT2D eigenvalue weighted by Crippen LogP contribution is 2.45. The highest BCUT2D eigenvalue weighted by Gasteiger charge is 2.44. The highest BCUT2D eigenvalue weighted by atomic mass is 16.4. The maximum atomic E-state index is 12.9. The van der Waals surface area contributed by atoms with Crippen molar-refractivity contribution in [3.63, 3.8) is 0 Å². The standard InChI is InChI=1S/C28H39N3O4/c1-5-30(6-2)17-9-11-23-25-21(22-19-20(26(32)33)12-13-24(22)29-25)14-16-28(23,27(34)35)15-10-18-31(7-3)8-4/h12-14,16,19H,5-11,15,17-18H2,1-4H3,(H,32,33)(H,34,35). The molecule has 1 aliphatic carbocycles. The fourth-order valence-corrected chi connectivity index (χ4v) is 5.25. The van der Waals surface area contributed by atoms with Crippen molar-refractivity contribution in [2.24, 2.45) is 10.4 Å². The van der Waals surface area contributed by atoms with E-state index >= 15 is 0 Å². The van der Waals surface area contributed by atoms with Gasteiger partial charge in [-0.25, -0.2) is 9.79 Å². The van der Waals surface area contributed by atoms with Gasteiger partial charge in [-0.3, -0.25) is 4.79 Å². The van der Waals surface area contributed by atoms with Crippen LogP contribution in [0.2, 0.25) is 0 Å². The molecule has 1 aromatic rings. The summed E-state index contributed by atoms with van der Waals surface area (Å²) in [4.78, 5) is 33.9. The Balaban J connectivity index is 2.06. The predicted octanol–water partition coefficient (Wildman–Crippen LogP) is 3.31. The second-order valence-electron chi connectivity index (χ2n) is 9.26. The van der Waals surface area contributed by atoms with E-state index in [1.807, 2.05) is 12.2 Å². The molecule has 1 aliphatic heterocycles. The minimum absolute atomic E-state index is 0.207. The number of hydrogen-bond acceptors (Lipinski definition) is 5. The molecule has 0 saturated heterocycles. The summed E-state index contributed by atoms with van der Waals surface area (Å²) in [6.07, 6.45) is 6.46. The molecule has 0 radical (unpaired) electrons. The summed E-state index contributed by atoms with van der Waals surface area (Å²) in [7, 11) is 0. The molecule has 7 nitrogen and oxygen atoms in total. The third-order valence-corrected chi connectivity index (χ3v) is 7.50. The van der Waals surface area contributed by atoms with Gasteiger partial charge in [-0.05, 0) is 88.7 Å². The van der Waals surface area contributed by atoms with E-state index in [4.69, 9.17) is 4.99 Å². The first-order valence-electron chi connectivity index (χ1n) is 12.9.